The van der Waals surface area contributed by atoms with E-state index in [2.05, 4.69) is 4.90 Å². The molecule has 0 aromatic heterocycles. The Hall–Kier alpha value is -0.770. The van der Waals surface area contributed by atoms with E-state index in [0.717, 1.165) is 49.9 Å². The van der Waals surface area contributed by atoms with Crippen LogP contribution in [-0.4, -0.2) is 30.6 Å². The molecule has 4 heteroatoms. The molecule has 2 heterocycles. The molecule has 0 amide bonds. The number of fused-ring (bicyclic) bond motifs is 1. The third kappa shape index (κ3) is 2.48. The van der Waals surface area contributed by atoms with E-state index >= 15 is 0 Å². The summed E-state index contributed by atoms with van der Waals surface area (Å²) in [7, 11) is 0. The average Bonchev–Trinajstić information content (AvgIpc) is 2.77. The molecule has 98 valence electrons. The molecule has 2 aliphatic rings. The second-order valence-corrected chi connectivity index (χ2v) is 5.73. The maximum Gasteiger partial charge on any atom is 0.127 e. The molecule has 18 heavy (non-hydrogen) atoms. The van der Waals surface area contributed by atoms with Gasteiger partial charge in [0, 0.05) is 36.1 Å². The van der Waals surface area contributed by atoms with Crippen molar-refractivity contribution in [2.45, 2.75) is 31.8 Å². The minimum Gasteiger partial charge on any atom is -0.493 e. The van der Waals surface area contributed by atoms with E-state index in [1.54, 1.807) is 0 Å². The molecule has 0 spiro atoms. The smallest absolute Gasteiger partial charge is 0.127 e. The van der Waals surface area contributed by atoms with Crippen LogP contribution in [0, 0.1) is 0 Å². The molecule has 0 radical (unpaired) electrons. The van der Waals surface area contributed by atoms with Gasteiger partial charge in [0.25, 0.3) is 0 Å². The van der Waals surface area contributed by atoms with E-state index in [1.165, 1.54) is 17.5 Å². The summed E-state index contributed by atoms with van der Waals surface area (Å²) in [5, 5.41) is 0.815. The summed E-state index contributed by atoms with van der Waals surface area (Å²) >= 11 is 6.18. The van der Waals surface area contributed by atoms with Crippen LogP contribution in [0.1, 0.15) is 24.0 Å². The number of hydrogen-bond donors (Lipinski definition) is 1. The van der Waals surface area contributed by atoms with Crippen molar-refractivity contribution in [3.05, 3.63) is 28.3 Å². The van der Waals surface area contributed by atoms with Gasteiger partial charge in [-0.25, -0.2) is 0 Å². The highest BCUT2D eigenvalue weighted by molar-refractivity contribution is 6.30. The van der Waals surface area contributed by atoms with Crippen molar-refractivity contribution < 1.29 is 4.74 Å². The van der Waals surface area contributed by atoms with Crippen LogP contribution in [0.25, 0.3) is 0 Å². The van der Waals surface area contributed by atoms with Crippen LogP contribution in [0.4, 0.5) is 0 Å². The molecule has 0 bridgehead atoms. The summed E-state index contributed by atoms with van der Waals surface area (Å²) in [4.78, 5) is 2.40. The maximum atomic E-state index is 6.18. The molecular weight excluding hydrogens is 248 g/mol. The molecule has 0 aliphatic carbocycles. The van der Waals surface area contributed by atoms with Gasteiger partial charge >= 0.3 is 0 Å². The number of likely N-dealkylation sites (tertiary alicyclic amines) is 1. The summed E-state index contributed by atoms with van der Waals surface area (Å²) in [5.41, 5.74) is 8.48. The van der Waals surface area contributed by atoms with Crippen LogP contribution in [0.15, 0.2) is 12.1 Å². The number of nitrogens with two attached hydrogens (primary N) is 1. The molecule has 1 atom stereocenters. The summed E-state index contributed by atoms with van der Waals surface area (Å²) < 4.78 is 5.74. The average molecular weight is 267 g/mol. The SMILES string of the molecule is N[C@@H]1CCCN(Cc2cc(Cl)cc3c2OCC3)C1. The Balaban J connectivity index is 1.80. The quantitative estimate of drug-likeness (QED) is 0.892. The first-order valence-electron chi connectivity index (χ1n) is 6.64. The third-order valence-corrected chi connectivity index (χ3v) is 3.98. The molecule has 0 unspecified atom stereocenters. The summed E-state index contributed by atoms with van der Waals surface area (Å²) in [6, 6.07) is 4.37. The minimum atomic E-state index is 0.312. The molecule has 3 rings (SSSR count). The molecule has 1 fully saturated rings. The van der Waals surface area contributed by atoms with E-state index < -0.39 is 0 Å². The molecular formula is C14H19ClN2O. The Morgan fingerprint density at radius 1 is 1.44 bits per heavy atom. The number of benzene rings is 1. The fourth-order valence-corrected chi connectivity index (χ4v) is 3.20. The van der Waals surface area contributed by atoms with Gasteiger partial charge in [0.2, 0.25) is 0 Å². The first kappa shape index (κ1) is 12.3. The lowest BCUT2D eigenvalue weighted by molar-refractivity contribution is 0.199. The number of ether oxygens (including phenoxy) is 1. The van der Waals surface area contributed by atoms with Crippen LogP contribution in [0.5, 0.6) is 5.75 Å². The van der Waals surface area contributed by atoms with Gasteiger partial charge in [-0.15, -0.1) is 0 Å². The van der Waals surface area contributed by atoms with Gasteiger partial charge in [-0.1, -0.05) is 11.6 Å². The van der Waals surface area contributed by atoms with Crippen LogP contribution in [0.3, 0.4) is 0 Å². The topological polar surface area (TPSA) is 38.5 Å². The predicted molar refractivity (Wildman–Crippen MR) is 73.1 cm³/mol. The van der Waals surface area contributed by atoms with Crippen LogP contribution >= 0.6 is 11.6 Å². The lowest BCUT2D eigenvalue weighted by Crippen LogP contribution is -2.42. The molecule has 1 saturated heterocycles. The number of piperidine rings is 1. The van der Waals surface area contributed by atoms with Crippen LogP contribution in [0.2, 0.25) is 5.02 Å². The lowest BCUT2D eigenvalue weighted by atomic mass is 10.0. The van der Waals surface area contributed by atoms with Gasteiger partial charge in [-0.3, -0.25) is 4.90 Å². The monoisotopic (exact) mass is 266 g/mol. The van der Waals surface area contributed by atoms with Gasteiger partial charge in [0.15, 0.2) is 0 Å². The molecule has 1 aromatic carbocycles. The Morgan fingerprint density at radius 2 is 2.33 bits per heavy atom. The second kappa shape index (κ2) is 5.08. The van der Waals surface area contributed by atoms with Gasteiger partial charge in [-0.05, 0) is 37.1 Å². The number of hydrogen-bond acceptors (Lipinski definition) is 3. The van der Waals surface area contributed by atoms with E-state index in [1.807, 2.05) is 12.1 Å². The van der Waals surface area contributed by atoms with E-state index in [-0.39, 0.29) is 0 Å². The van der Waals surface area contributed by atoms with E-state index in [0.29, 0.717) is 6.04 Å². The number of halogens is 1. The Morgan fingerprint density at radius 3 is 3.17 bits per heavy atom. The number of nitrogens with zero attached hydrogens (tertiary/aromatic N) is 1. The largest absolute Gasteiger partial charge is 0.493 e. The van der Waals surface area contributed by atoms with Crippen molar-refractivity contribution >= 4 is 11.6 Å². The normalized spacial score (nSPS) is 23.8. The van der Waals surface area contributed by atoms with Gasteiger partial charge in [0.1, 0.15) is 5.75 Å². The molecule has 1 aromatic rings. The highest BCUT2D eigenvalue weighted by Gasteiger charge is 2.22. The fraction of sp³-hybridized carbons (Fsp3) is 0.571. The van der Waals surface area contributed by atoms with E-state index in [4.69, 9.17) is 22.1 Å². The second-order valence-electron chi connectivity index (χ2n) is 5.29. The van der Waals surface area contributed by atoms with Crippen LogP contribution in [-0.2, 0) is 13.0 Å². The van der Waals surface area contributed by atoms with Gasteiger partial charge in [-0.2, -0.15) is 0 Å². The first-order valence-corrected chi connectivity index (χ1v) is 7.02. The summed E-state index contributed by atoms with van der Waals surface area (Å²) in [6.07, 6.45) is 3.30. The highest BCUT2D eigenvalue weighted by atomic mass is 35.5. The zero-order valence-corrected chi connectivity index (χ0v) is 11.2. The minimum absolute atomic E-state index is 0.312. The van der Waals surface area contributed by atoms with Crippen molar-refractivity contribution in [1.29, 1.82) is 0 Å². The number of rotatable bonds is 2. The summed E-state index contributed by atoms with van der Waals surface area (Å²) in [5.74, 6) is 1.05. The zero-order chi connectivity index (χ0) is 12.5. The predicted octanol–water partition coefficient (Wildman–Crippen LogP) is 2.20. The van der Waals surface area contributed by atoms with Gasteiger partial charge < -0.3 is 10.5 Å². The molecule has 3 nitrogen and oxygen atoms in total. The first-order chi connectivity index (χ1) is 8.72. The fourth-order valence-electron chi connectivity index (χ4n) is 2.94. The van der Waals surface area contributed by atoms with Crippen molar-refractivity contribution in [2.75, 3.05) is 19.7 Å². The standard InChI is InChI=1S/C14H19ClN2O/c15-12-6-10-3-5-18-14(10)11(7-12)8-17-4-1-2-13(16)9-17/h6-7,13H,1-5,8-9,16H2/t13-/m1/s1. The van der Waals surface area contributed by atoms with Crippen molar-refractivity contribution in [1.82, 2.24) is 4.90 Å². The third-order valence-electron chi connectivity index (χ3n) is 3.76. The zero-order valence-electron chi connectivity index (χ0n) is 10.5. The van der Waals surface area contributed by atoms with E-state index in [9.17, 15) is 0 Å². The van der Waals surface area contributed by atoms with Gasteiger partial charge in [0.05, 0.1) is 6.61 Å². The Bertz CT molecular complexity index is 450. The maximum absolute atomic E-state index is 6.18. The molecule has 2 N–H and O–H groups in total. The molecule has 2 aliphatic heterocycles. The van der Waals surface area contributed by atoms with Crippen molar-refractivity contribution in [3.8, 4) is 5.75 Å². The van der Waals surface area contributed by atoms with Crippen molar-refractivity contribution in [3.63, 3.8) is 0 Å². The Kier molecular flexibility index (Phi) is 3.46. The van der Waals surface area contributed by atoms with Crippen molar-refractivity contribution in [2.24, 2.45) is 5.73 Å². The Labute approximate surface area is 113 Å². The summed E-state index contributed by atoms with van der Waals surface area (Å²) in [6.45, 7) is 3.77. The highest BCUT2D eigenvalue weighted by Crippen LogP contribution is 2.33. The lowest BCUT2D eigenvalue weighted by Gasteiger charge is -2.31. The molecule has 0 saturated carbocycles. The van der Waals surface area contributed by atoms with Crippen LogP contribution < -0.4 is 10.5 Å².